The van der Waals surface area contributed by atoms with Crippen LogP contribution in [0, 0.1) is 20.8 Å². The average molecular weight is 359 g/mol. The Labute approximate surface area is 149 Å². The van der Waals surface area contributed by atoms with Crippen LogP contribution in [0.1, 0.15) is 42.4 Å². The number of benzene rings is 1. The molecule has 0 spiro atoms. The van der Waals surface area contributed by atoms with Gasteiger partial charge in [-0.05, 0) is 56.9 Å². The molecule has 1 heterocycles. The largest absolute Gasteiger partial charge is 0.381 e. The highest BCUT2D eigenvalue weighted by Crippen LogP contribution is 2.25. The molecule has 1 saturated carbocycles. The first-order chi connectivity index (χ1) is 11.8. The van der Waals surface area contributed by atoms with Gasteiger partial charge in [0, 0.05) is 6.04 Å². The van der Waals surface area contributed by atoms with Gasteiger partial charge in [0.05, 0.1) is 16.8 Å². The van der Waals surface area contributed by atoms with E-state index in [0.29, 0.717) is 16.8 Å². The Bertz CT molecular complexity index is 832. The number of nitrogens with one attached hydrogen (secondary N) is 2. The Morgan fingerprint density at radius 1 is 1.04 bits per heavy atom. The van der Waals surface area contributed by atoms with E-state index in [1.54, 1.807) is 12.3 Å². The van der Waals surface area contributed by atoms with Crippen LogP contribution in [0.2, 0.25) is 0 Å². The maximum atomic E-state index is 12.8. The fraction of sp³-hybridized carbons (Fsp3) is 0.421. The molecule has 134 valence electrons. The molecular formula is C19H25N3O2S. The second kappa shape index (κ2) is 7.04. The van der Waals surface area contributed by atoms with E-state index in [0.717, 1.165) is 22.4 Å². The molecule has 0 unspecified atom stereocenters. The molecule has 1 aliphatic rings. The van der Waals surface area contributed by atoms with Crippen LogP contribution >= 0.6 is 0 Å². The second-order valence-electron chi connectivity index (χ2n) is 6.89. The van der Waals surface area contributed by atoms with Gasteiger partial charge in [-0.25, -0.2) is 13.4 Å². The Kier molecular flexibility index (Phi) is 4.99. The van der Waals surface area contributed by atoms with E-state index >= 15 is 0 Å². The number of sulfonamides is 1. The summed E-state index contributed by atoms with van der Waals surface area (Å²) in [5.74, 6) is 0.330. The minimum atomic E-state index is -3.66. The van der Waals surface area contributed by atoms with Gasteiger partial charge in [0.1, 0.15) is 5.82 Å². The first-order valence-electron chi connectivity index (χ1n) is 8.68. The summed E-state index contributed by atoms with van der Waals surface area (Å²) in [6.45, 7) is 5.59. The van der Waals surface area contributed by atoms with Crippen LogP contribution in [0.25, 0.3) is 0 Å². The minimum Gasteiger partial charge on any atom is -0.381 e. The lowest BCUT2D eigenvalue weighted by molar-refractivity contribution is 0.600. The fourth-order valence-corrected chi connectivity index (χ4v) is 5.09. The molecule has 1 aromatic heterocycles. The smallest absolute Gasteiger partial charge is 0.263 e. The number of aromatic nitrogens is 1. The monoisotopic (exact) mass is 359 g/mol. The second-order valence-corrected chi connectivity index (χ2v) is 8.51. The Morgan fingerprint density at radius 2 is 1.68 bits per heavy atom. The summed E-state index contributed by atoms with van der Waals surface area (Å²) in [6, 6.07) is 7.83. The first kappa shape index (κ1) is 17.7. The van der Waals surface area contributed by atoms with Crippen molar-refractivity contribution in [2.45, 2.75) is 57.4 Å². The van der Waals surface area contributed by atoms with E-state index in [9.17, 15) is 8.42 Å². The highest BCUT2D eigenvalue weighted by molar-refractivity contribution is 7.92. The van der Waals surface area contributed by atoms with Crippen molar-refractivity contribution >= 4 is 21.5 Å². The predicted octanol–water partition coefficient (Wildman–Crippen LogP) is 4.16. The third kappa shape index (κ3) is 4.12. The van der Waals surface area contributed by atoms with Gasteiger partial charge in [0.2, 0.25) is 0 Å². The van der Waals surface area contributed by atoms with Crippen molar-refractivity contribution < 1.29 is 8.42 Å². The lowest BCUT2D eigenvalue weighted by atomic mass is 10.1. The van der Waals surface area contributed by atoms with Crippen LogP contribution < -0.4 is 10.0 Å². The molecule has 6 heteroatoms. The number of aryl methyl sites for hydroxylation is 3. The normalized spacial score (nSPS) is 15.3. The lowest BCUT2D eigenvalue weighted by Crippen LogP contribution is -2.17. The number of nitrogens with zero attached hydrogens (tertiary/aromatic N) is 1. The fourth-order valence-electron chi connectivity index (χ4n) is 3.62. The quantitative estimate of drug-likeness (QED) is 0.841. The van der Waals surface area contributed by atoms with Crippen LogP contribution in [0.15, 0.2) is 35.4 Å². The third-order valence-corrected chi connectivity index (χ3v) is 6.26. The summed E-state index contributed by atoms with van der Waals surface area (Å²) < 4.78 is 28.1. The van der Waals surface area contributed by atoms with E-state index in [-0.39, 0.29) is 0 Å². The topological polar surface area (TPSA) is 71.1 Å². The highest BCUT2D eigenvalue weighted by Gasteiger charge is 2.20. The van der Waals surface area contributed by atoms with E-state index in [2.05, 4.69) is 15.0 Å². The molecule has 1 aliphatic carbocycles. The van der Waals surface area contributed by atoms with Crippen molar-refractivity contribution in [3.8, 4) is 0 Å². The summed E-state index contributed by atoms with van der Waals surface area (Å²) in [5, 5.41) is 3.45. The highest BCUT2D eigenvalue weighted by atomic mass is 32.2. The lowest BCUT2D eigenvalue weighted by Gasteiger charge is -2.15. The van der Waals surface area contributed by atoms with E-state index in [4.69, 9.17) is 0 Å². The molecule has 2 N–H and O–H groups in total. The average Bonchev–Trinajstić information content (AvgIpc) is 3.00. The Balaban J connectivity index is 1.77. The van der Waals surface area contributed by atoms with Crippen molar-refractivity contribution in [2.24, 2.45) is 0 Å². The third-order valence-electron chi connectivity index (χ3n) is 4.60. The van der Waals surface area contributed by atoms with Gasteiger partial charge in [-0.2, -0.15) is 0 Å². The summed E-state index contributed by atoms with van der Waals surface area (Å²) in [7, 11) is -3.66. The first-order valence-corrected chi connectivity index (χ1v) is 10.2. The summed E-state index contributed by atoms with van der Waals surface area (Å²) in [4.78, 5) is 4.58. The molecule has 0 radical (unpaired) electrons. The molecule has 0 atom stereocenters. The zero-order valence-electron chi connectivity index (χ0n) is 15.0. The van der Waals surface area contributed by atoms with Crippen LogP contribution in [0.4, 0.5) is 11.5 Å². The number of rotatable bonds is 5. The number of anilines is 2. The van der Waals surface area contributed by atoms with Crippen LogP contribution in [-0.2, 0) is 10.0 Å². The number of hydrogen-bond acceptors (Lipinski definition) is 4. The Hall–Kier alpha value is -2.08. The molecule has 3 rings (SSSR count). The maximum Gasteiger partial charge on any atom is 0.263 e. The van der Waals surface area contributed by atoms with Crippen LogP contribution in [0.3, 0.4) is 0 Å². The van der Waals surface area contributed by atoms with Crippen molar-refractivity contribution in [1.29, 1.82) is 0 Å². The predicted molar refractivity (Wildman–Crippen MR) is 102 cm³/mol. The standard InChI is InChI=1S/C19H25N3O2S/c1-13-10-14(2)19(15(3)11-13)25(23,24)22-18-9-8-17(12-20-18)21-16-6-4-5-7-16/h8-12,16,21H,4-7H2,1-3H3,(H,20,22). The van der Waals surface area contributed by atoms with Gasteiger partial charge in [-0.15, -0.1) is 0 Å². The molecule has 1 fully saturated rings. The van der Waals surface area contributed by atoms with Gasteiger partial charge in [-0.3, -0.25) is 4.72 Å². The van der Waals surface area contributed by atoms with Crippen LogP contribution in [0.5, 0.6) is 0 Å². The zero-order chi connectivity index (χ0) is 18.0. The Morgan fingerprint density at radius 3 is 2.24 bits per heavy atom. The van der Waals surface area contributed by atoms with Crippen molar-refractivity contribution in [2.75, 3.05) is 10.0 Å². The molecule has 2 aromatic rings. The van der Waals surface area contributed by atoms with Crippen LogP contribution in [-0.4, -0.2) is 19.4 Å². The van der Waals surface area contributed by atoms with E-state index in [1.807, 2.05) is 39.0 Å². The minimum absolute atomic E-state index is 0.327. The van der Waals surface area contributed by atoms with Gasteiger partial charge < -0.3 is 5.32 Å². The van der Waals surface area contributed by atoms with Crippen molar-refractivity contribution in [1.82, 2.24) is 4.98 Å². The SMILES string of the molecule is Cc1cc(C)c(S(=O)(=O)Nc2ccc(NC3CCCC3)cn2)c(C)c1. The number of pyridine rings is 1. The summed E-state index contributed by atoms with van der Waals surface area (Å²) in [5.41, 5.74) is 3.46. The molecular weight excluding hydrogens is 334 g/mol. The van der Waals surface area contributed by atoms with Crippen molar-refractivity contribution in [3.63, 3.8) is 0 Å². The molecule has 0 amide bonds. The van der Waals surface area contributed by atoms with Gasteiger partial charge in [0.15, 0.2) is 0 Å². The van der Waals surface area contributed by atoms with Gasteiger partial charge in [-0.1, -0.05) is 30.5 Å². The maximum absolute atomic E-state index is 12.8. The molecule has 5 nitrogen and oxygen atoms in total. The van der Waals surface area contributed by atoms with Crippen molar-refractivity contribution in [3.05, 3.63) is 47.2 Å². The van der Waals surface area contributed by atoms with Gasteiger partial charge in [0.25, 0.3) is 10.0 Å². The summed E-state index contributed by atoms with van der Waals surface area (Å²) >= 11 is 0. The zero-order valence-corrected chi connectivity index (χ0v) is 15.8. The summed E-state index contributed by atoms with van der Waals surface area (Å²) in [6.07, 6.45) is 6.57. The molecule has 1 aromatic carbocycles. The molecule has 0 aliphatic heterocycles. The van der Waals surface area contributed by atoms with Gasteiger partial charge >= 0.3 is 0 Å². The van der Waals surface area contributed by atoms with E-state index in [1.165, 1.54) is 25.7 Å². The number of hydrogen-bond donors (Lipinski definition) is 2. The molecule has 0 bridgehead atoms. The molecule has 25 heavy (non-hydrogen) atoms. The van der Waals surface area contributed by atoms with E-state index < -0.39 is 10.0 Å². The molecule has 0 saturated heterocycles.